The van der Waals surface area contributed by atoms with Crippen LogP contribution in [0.5, 0.6) is 0 Å². The van der Waals surface area contributed by atoms with Gasteiger partial charge < -0.3 is 5.32 Å². The fourth-order valence-electron chi connectivity index (χ4n) is 3.29. The monoisotopic (exact) mass is 454 g/mol. The zero-order chi connectivity index (χ0) is 22.3. The number of nitrogens with zero attached hydrogens (tertiary/aromatic N) is 3. The average molecular weight is 455 g/mol. The summed E-state index contributed by atoms with van der Waals surface area (Å²) < 4.78 is 51.9. The maximum atomic E-state index is 12.8. The lowest BCUT2D eigenvalue weighted by Crippen LogP contribution is -2.33. The molecule has 0 aliphatic carbocycles. The molecule has 1 aromatic heterocycles. The molecule has 1 saturated heterocycles. The molecule has 0 spiro atoms. The Kier molecular flexibility index (Phi) is 6.08. The number of benzene rings is 1. The zero-order valence-electron chi connectivity index (χ0n) is 17.4. The topological polar surface area (TPSA) is 118 Å². The Hall–Kier alpha value is -2.24. The van der Waals surface area contributed by atoms with Crippen LogP contribution in [0.15, 0.2) is 35.2 Å². The van der Waals surface area contributed by atoms with Gasteiger partial charge in [-0.25, -0.2) is 21.5 Å². The summed E-state index contributed by atoms with van der Waals surface area (Å²) in [6, 6.07) is 6.91. The van der Waals surface area contributed by atoms with E-state index in [2.05, 4.69) is 10.4 Å². The van der Waals surface area contributed by atoms with Crippen LogP contribution in [-0.4, -0.2) is 61.4 Å². The summed E-state index contributed by atoms with van der Waals surface area (Å²) in [7, 11) is -5.35. The van der Waals surface area contributed by atoms with Crippen molar-refractivity contribution in [1.29, 1.82) is 0 Å². The Morgan fingerprint density at radius 3 is 2.60 bits per heavy atom. The fraction of sp³-hybridized carbons (Fsp3) is 0.474. The molecule has 0 radical (unpaired) electrons. The number of carbonyl (C=O) groups excluding carboxylic acids is 1. The second-order valence-corrected chi connectivity index (χ2v) is 12.0. The summed E-state index contributed by atoms with van der Waals surface area (Å²) in [6.07, 6.45) is 0.432. The smallest absolute Gasteiger partial charge is 0.256 e. The van der Waals surface area contributed by atoms with E-state index >= 15 is 0 Å². The molecular formula is C19H26N4O5S2. The lowest BCUT2D eigenvalue weighted by atomic mass is 10.2. The van der Waals surface area contributed by atoms with Crippen LogP contribution in [0, 0.1) is 6.92 Å². The predicted molar refractivity (Wildman–Crippen MR) is 114 cm³/mol. The van der Waals surface area contributed by atoms with Crippen LogP contribution in [0.1, 0.15) is 42.4 Å². The Balaban J connectivity index is 1.86. The molecule has 1 aliphatic rings. The summed E-state index contributed by atoms with van der Waals surface area (Å²) >= 11 is 0. The highest BCUT2D eigenvalue weighted by Gasteiger charge is 2.31. The molecule has 0 bridgehead atoms. The second-order valence-electron chi connectivity index (χ2n) is 7.77. The van der Waals surface area contributed by atoms with E-state index in [1.807, 2.05) is 0 Å². The molecule has 9 nitrogen and oxygen atoms in total. The van der Waals surface area contributed by atoms with Crippen LogP contribution in [0.25, 0.3) is 0 Å². The van der Waals surface area contributed by atoms with Crippen molar-refractivity contribution in [3.05, 3.63) is 41.6 Å². The van der Waals surface area contributed by atoms with Gasteiger partial charge in [-0.1, -0.05) is 6.07 Å². The number of sulfonamides is 1. The molecule has 3 rings (SSSR count). The Morgan fingerprint density at radius 2 is 2.00 bits per heavy atom. The lowest BCUT2D eigenvalue weighted by Gasteiger charge is -2.21. The van der Waals surface area contributed by atoms with Gasteiger partial charge in [0.25, 0.3) is 5.91 Å². The number of hydrogen-bond donors (Lipinski definition) is 1. The fourth-order valence-corrected chi connectivity index (χ4v) is 6.39. The van der Waals surface area contributed by atoms with Crippen LogP contribution >= 0.6 is 0 Å². The quantitative estimate of drug-likeness (QED) is 0.711. The number of sulfone groups is 1. The maximum Gasteiger partial charge on any atom is 0.256 e. The average Bonchev–Trinajstić information content (AvgIpc) is 3.22. The van der Waals surface area contributed by atoms with E-state index < -0.39 is 25.8 Å². The molecule has 1 atom stereocenters. The molecule has 30 heavy (non-hydrogen) atoms. The molecule has 2 heterocycles. The maximum absolute atomic E-state index is 12.8. The van der Waals surface area contributed by atoms with Crippen molar-refractivity contribution in [1.82, 2.24) is 14.1 Å². The molecular weight excluding hydrogens is 428 g/mol. The van der Waals surface area contributed by atoms with Crippen LogP contribution in [0.2, 0.25) is 0 Å². The van der Waals surface area contributed by atoms with Gasteiger partial charge in [-0.05, 0) is 45.4 Å². The third kappa shape index (κ3) is 4.57. The number of carbonyl (C=O) groups is 1. The summed E-state index contributed by atoms with van der Waals surface area (Å²) in [5, 5.41) is 7.08. The first-order chi connectivity index (χ1) is 13.9. The molecule has 1 aromatic carbocycles. The van der Waals surface area contributed by atoms with Gasteiger partial charge in [0, 0.05) is 24.7 Å². The number of nitrogens with one attached hydrogen (secondary N) is 1. The minimum atomic E-state index is -3.73. The van der Waals surface area contributed by atoms with Gasteiger partial charge in [-0.3, -0.25) is 4.79 Å². The third-order valence-corrected chi connectivity index (χ3v) is 8.93. The van der Waals surface area contributed by atoms with Crippen molar-refractivity contribution in [2.45, 2.75) is 44.2 Å². The van der Waals surface area contributed by atoms with Crippen molar-refractivity contribution < 1.29 is 21.6 Å². The number of amides is 1. The van der Waals surface area contributed by atoms with Crippen molar-refractivity contribution in [2.24, 2.45) is 0 Å². The van der Waals surface area contributed by atoms with Gasteiger partial charge in [0.15, 0.2) is 9.84 Å². The van der Waals surface area contributed by atoms with Crippen LogP contribution in [-0.2, 0) is 19.9 Å². The van der Waals surface area contributed by atoms with E-state index in [0.717, 1.165) is 0 Å². The first-order valence-electron chi connectivity index (χ1n) is 9.57. The number of rotatable bonds is 6. The Labute approximate surface area is 177 Å². The largest absolute Gasteiger partial charge is 0.307 e. The molecule has 1 amide bonds. The van der Waals surface area contributed by atoms with Crippen molar-refractivity contribution in [3.8, 4) is 0 Å². The molecule has 11 heteroatoms. The summed E-state index contributed by atoms with van der Waals surface area (Å²) in [4.78, 5) is 12.8. The molecule has 1 fully saturated rings. The van der Waals surface area contributed by atoms with E-state index in [-0.39, 0.29) is 34.0 Å². The highest BCUT2D eigenvalue weighted by Crippen LogP contribution is 2.27. The highest BCUT2D eigenvalue weighted by atomic mass is 32.2. The first-order valence-corrected chi connectivity index (χ1v) is 12.8. The lowest BCUT2D eigenvalue weighted by molar-refractivity contribution is 0.102. The second kappa shape index (κ2) is 8.12. The number of aryl methyl sites for hydroxylation is 1. The predicted octanol–water partition coefficient (Wildman–Crippen LogP) is 1.83. The van der Waals surface area contributed by atoms with Gasteiger partial charge in [0.05, 0.1) is 28.1 Å². The molecule has 1 aliphatic heterocycles. The number of aromatic nitrogens is 2. The van der Waals surface area contributed by atoms with Gasteiger partial charge in [-0.2, -0.15) is 9.40 Å². The van der Waals surface area contributed by atoms with Crippen molar-refractivity contribution in [2.75, 3.05) is 23.9 Å². The van der Waals surface area contributed by atoms with E-state index in [1.54, 1.807) is 26.8 Å². The van der Waals surface area contributed by atoms with Crippen LogP contribution in [0.4, 0.5) is 5.82 Å². The summed E-state index contributed by atoms with van der Waals surface area (Å²) in [6.45, 7) is 5.28. The molecule has 164 valence electrons. The standard InChI is InChI=1S/C19H26N4O5S2/c1-13(2)22(4)30(27,28)17-7-5-6-15(11-17)19(24)20-18-10-14(3)21-23(18)16-8-9-29(25,26)12-16/h5-7,10-11,13,16H,8-9,12H2,1-4H3,(H,20,24). The summed E-state index contributed by atoms with van der Waals surface area (Å²) in [5.74, 6) is -0.0483. The number of hydrogen-bond acceptors (Lipinski definition) is 6. The molecule has 0 saturated carbocycles. The van der Waals surface area contributed by atoms with E-state index in [4.69, 9.17) is 0 Å². The summed E-state index contributed by atoms with van der Waals surface area (Å²) in [5.41, 5.74) is 0.821. The molecule has 1 N–H and O–H groups in total. The van der Waals surface area contributed by atoms with Gasteiger partial charge in [-0.15, -0.1) is 0 Å². The normalized spacial score (nSPS) is 18.8. The number of anilines is 1. The Morgan fingerprint density at radius 1 is 1.30 bits per heavy atom. The van der Waals surface area contributed by atoms with Gasteiger partial charge >= 0.3 is 0 Å². The van der Waals surface area contributed by atoms with E-state index in [0.29, 0.717) is 17.9 Å². The third-order valence-electron chi connectivity index (χ3n) is 5.15. The van der Waals surface area contributed by atoms with Crippen LogP contribution < -0.4 is 5.32 Å². The van der Waals surface area contributed by atoms with E-state index in [9.17, 15) is 21.6 Å². The minimum Gasteiger partial charge on any atom is -0.307 e. The van der Waals surface area contributed by atoms with Gasteiger partial charge in [0.1, 0.15) is 5.82 Å². The van der Waals surface area contributed by atoms with E-state index in [1.165, 1.54) is 40.3 Å². The van der Waals surface area contributed by atoms with Crippen LogP contribution in [0.3, 0.4) is 0 Å². The zero-order valence-corrected chi connectivity index (χ0v) is 19.0. The Bertz CT molecular complexity index is 1170. The minimum absolute atomic E-state index is 0.0216. The SMILES string of the molecule is Cc1cc(NC(=O)c2cccc(S(=O)(=O)N(C)C(C)C)c2)n(C2CCS(=O)(=O)C2)n1. The van der Waals surface area contributed by atoms with Crippen molar-refractivity contribution in [3.63, 3.8) is 0 Å². The molecule has 2 aromatic rings. The first kappa shape index (κ1) is 22.4. The van der Waals surface area contributed by atoms with Crippen molar-refractivity contribution >= 4 is 31.6 Å². The molecule has 1 unspecified atom stereocenters. The van der Waals surface area contributed by atoms with Gasteiger partial charge in [0.2, 0.25) is 10.0 Å². The highest BCUT2D eigenvalue weighted by molar-refractivity contribution is 7.91.